The Kier molecular flexibility index (Phi) is 10.0. The summed E-state index contributed by atoms with van der Waals surface area (Å²) in [5.74, 6) is 0.130. The maximum Gasteiger partial charge on any atom is 0.416 e. The average molecular weight is 595 g/mol. The van der Waals surface area contributed by atoms with E-state index in [0.29, 0.717) is 35.5 Å². The van der Waals surface area contributed by atoms with Gasteiger partial charge in [-0.3, -0.25) is 10.2 Å². The molecule has 13 heteroatoms. The van der Waals surface area contributed by atoms with E-state index in [9.17, 15) is 18.0 Å². The van der Waals surface area contributed by atoms with Gasteiger partial charge in [-0.1, -0.05) is 47.6 Å². The van der Waals surface area contributed by atoms with Gasteiger partial charge in [-0.05, 0) is 47.5 Å². The molecule has 1 amide bonds. The monoisotopic (exact) mass is 594 g/mol. The van der Waals surface area contributed by atoms with Crippen LogP contribution in [0.1, 0.15) is 41.2 Å². The number of carbonyl (C=O) groups is 1. The van der Waals surface area contributed by atoms with Crippen LogP contribution in [0.2, 0.25) is 0 Å². The number of hydrogen-bond donors (Lipinski definition) is 3. The molecular weight excluding hydrogens is 565 g/mol. The third kappa shape index (κ3) is 7.33. The number of benzene rings is 3. The molecule has 3 N–H and O–H groups in total. The number of rotatable bonds is 13. The first-order valence-corrected chi connectivity index (χ1v) is 13.3. The van der Waals surface area contributed by atoms with E-state index in [0.717, 1.165) is 12.1 Å². The van der Waals surface area contributed by atoms with Crippen molar-refractivity contribution in [3.8, 4) is 5.75 Å². The summed E-state index contributed by atoms with van der Waals surface area (Å²) in [5, 5.41) is 12.7. The fourth-order valence-corrected chi connectivity index (χ4v) is 4.51. The molecule has 0 unspecified atom stereocenters. The minimum Gasteiger partial charge on any atom is -0.494 e. The molecule has 0 spiro atoms. The molecule has 3 aromatic rings. The van der Waals surface area contributed by atoms with Crippen LogP contribution in [0, 0.1) is 0 Å². The molecule has 0 bridgehead atoms. The van der Waals surface area contributed by atoms with Gasteiger partial charge in [0.05, 0.1) is 12.2 Å². The molecule has 10 nitrogen and oxygen atoms in total. The molecule has 4 rings (SSSR count). The van der Waals surface area contributed by atoms with E-state index >= 15 is 0 Å². The number of aliphatic hydroxyl groups is 1. The van der Waals surface area contributed by atoms with Crippen molar-refractivity contribution in [1.82, 2.24) is 10.9 Å². The van der Waals surface area contributed by atoms with Gasteiger partial charge < -0.3 is 14.6 Å². The highest BCUT2D eigenvalue weighted by molar-refractivity contribution is 6.01. The van der Waals surface area contributed by atoms with E-state index in [1.54, 1.807) is 48.5 Å². The summed E-state index contributed by atoms with van der Waals surface area (Å²) in [5.41, 5.74) is 13.9. The number of azide groups is 1. The van der Waals surface area contributed by atoms with Crippen molar-refractivity contribution >= 4 is 17.5 Å². The zero-order chi connectivity index (χ0) is 30.9. The predicted molar refractivity (Wildman–Crippen MR) is 153 cm³/mol. The van der Waals surface area contributed by atoms with Gasteiger partial charge in [-0.25, -0.2) is 10.4 Å². The molecule has 0 aromatic heterocycles. The molecule has 0 saturated heterocycles. The first kappa shape index (κ1) is 31.1. The van der Waals surface area contributed by atoms with Gasteiger partial charge in [0.25, 0.3) is 5.91 Å². The quantitative estimate of drug-likeness (QED) is 0.0551. The first-order valence-electron chi connectivity index (χ1n) is 13.3. The number of alkyl halides is 3. The average Bonchev–Trinajstić information content (AvgIpc) is 3.38. The number of carbonyl (C=O) groups excluding carboxylic acids is 1. The van der Waals surface area contributed by atoms with Crippen molar-refractivity contribution in [2.45, 2.75) is 37.2 Å². The van der Waals surface area contributed by atoms with Crippen LogP contribution >= 0.6 is 0 Å². The number of halogens is 3. The number of amides is 1. The van der Waals surface area contributed by atoms with Crippen LogP contribution in [-0.4, -0.2) is 35.7 Å². The standard InChI is InChI=1S/C30H29F3N6O4/c1-2-16-29(28(41)38-35-19-20-8-12-22(13-9-20)30(31,32)33)26(24-6-3-4-7-25(24)37-39-34)43-27(36-29)21-10-14-23(15-11-21)42-18-5-17-40/h2-4,6-15,26,35,40H,1,5,16-19H2,(H,38,41)/t26-,29-/m0/s1. The number of hydrogen-bond acceptors (Lipinski definition) is 7. The molecule has 0 saturated carbocycles. The fourth-order valence-electron chi connectivity index (χ4n) is 4.51. The molecule has 2 atom stereocenters. The number of aliphatic imine (C=N–C) groups is 1. The van der Waals surface area contributed by atoms with Crippen molar-refractivity contribution < 1.29 is 32.5 Å². The Morgan fingerprint density at radius 1 is 1.16 bits per heavy atom. The maximum absolute atomic E-state index is 13.9. The van der Waals surface area contributed by atoms with E-state index < -0.39 is 29.3 Å². The van der Waals surface area contributed by atoms with Crippen LogP contribution in [-0.2, 0) is 22.3 Å². The smallest absolute Gasteiger partial charge is 0.416 e. The summed E-state index contributed by atoms with van der Waals surface area (Å²) in [7, 11) is 0. The van der Waals surface area contributed by atoms with Crippen LogP contribution in [0.25, 0.3) is 10.4 Å². The fraction of sp³-hybridized carbons (Fsp3) is 0.267. The number of nitrogens with zero attached hydrogens (tertiary/aromatic N) is 4. The molecule has 1 aliphatic heterocycles. The molecule has 1 aliphatic rings. The van der Waals surface area contributed by atoms with E-state index in [1.165, 1.54) is 18.2 Å². The molecule has 3 aromatic carbocycles. The Balaban J connectivity index is 1.63. The third-order valence-corrected chi connectivity index (χ3v) is 6.63. The zero-order valence-electron chi connectivity index (χ0n) is 22.9. The van der Waals surface area contributed by atoms with E-state index in [1.807, 2.05) is 0 Å². The Hall–Kier alpha value is -4.84. The third-order valence-electron chi connectivity index (χ3n) is 6.63. The van der Waals surface area contributed by atoms with Gasteiger partial charge in [0, 0.05) is 47.7 Å². The highest BCUT2D eigenvalue weighted by Crippen LogP contribution is 2.45. The largest absolute Gasteiger partial charge is 0.494 e. The van der Waals surface area contributed by atoms with Crippen molar-refractivity contribution in [3.05, 3.63) is 118 Å². The van der Waals surface area contributed by atoms with Gasteiger partial charge in [0.2, 0.25) is 5.90 Å². The molecule has 0 aliphatic carbocycles. The summed E-state index contributed by atoms with van der Waals surface area (Å²) in [6.45, 7) is 4.19. The molecule has 0 radical (unpaired) electrons. The summed E-state index contributed by atoms with van der Waals surface area (Å²) >= 11 is 0. The molecule has 1 heterocycles. The number of hydrazine groups is 1. The van der Waals surface area contributed by atoms with Crippen molar-refractivity contribution in [3.63, 3.8) is 0 Å². The van der Waals surface area contributed by atoms with Crippen molar-refractivity contribution in [2.24, 2.45) is 10.1 Å². The lowest BCUT2D eigenvalue weighted by Gasteiger charge is -2.30. The highest BCUT2D eigenvalue weighted by atomic mass is 19.4. The Bertz CT molecular complexity index is 1510. The van der Waals surface area contributed by atoms with E-state index in [2.05, 4.69) is 27.5 Å². The number of nitrogens with one attached hydrogen (secondary N) is 2. The van der Waals surface area contributed by atoms with Crippen molar-refractivity contribution in [2.75, 3.05) is 13.2 Å². The molecule has 43 heavy (non-hydrogen) atoms. The summed E-state index contributed by atoms with van der Waals surface area (Å²) in [6, 6.07) is 18.1. The lowest BCUT2D eigenvalue weighted by atomic mass is 9.84. The number of ether oxygens (including phenoxy) is 2. The molecule has 0 fully saturated rings. The van der Waals surface area contributed by atoms with E-state index in [-0.39, 0.29) is 31.2 Å². The normalized spacial score (nSPS) is 17.8. The summed E-state index contributed by atoms with van der Waals surface area (Å²) in [4.78, 5) is 21.5. The topological polar surface area (TPSA) is 141 Å². The van der Waals surface area contributed by atoms with Crippen LogP contribution in [0.5, 0.6) is 5.75 Å². The lowest BCUT2D eigenvalue weighted by molar-refractivity contribution is -0.137. The maximum atomic E-state index is 13.9. The Morgan fingerprint density at radius 2 is 1.88 bits per heavy atom. The van der Waals surface area contributed by atoms with Gasteiger partial charge in [-0.15, -0.1) is 6.58 Å². The minimum absolute atomic E-state index is 0.00802. The van der Waals surface area contributed by atoms with E-state index in [4.69, 9.17) is 25.1 Å². The van der Waals surface area contributed by atoms with Crippen molar-refractivity contribution in [1.29, 1.82) is 0 Å². The SMILES string of the molecule is C=CC[C@]1(C(=O)NNCc2ccc(C(F)(F)F)cc2)N=C(c2ccc(OCCCO)cc2)O[C@H]1c1ccccc1N=[N+]=[N-]. The zero-order valence-corrected chi connectivity index (χ0v) is 22.9. The van der Waals surface area contributed by atoms with Gasteiger partial charge in [-0.2, -0.15) is 13.2 Å². The first-order chi connectivity index (χ1) is 20.7. The minimum atomic E-state index is -4.45. The second-order valence-electron chi connectivity index (χ2n) is 9.53. The second-order valence-corrected chi connectivity index (χ2v) is 9.53. The van der Waals surface area contributed by atoms with Crippen LogP contribution < -0.4 is 15.6 Å². The Labute approximate surface area is 245 Å². The van der Waals surface area contributed by atoms with Gasteiger partial charge in [0.15, 0.2) is 11.6 Å². The highest BCUT2D eigenvalue weighted by Gasteiger charge is 2.53. The van der Waals surface area contributed by atoms with Gasteiger partial charge >= 0.3 is 6.18 Å². The Morgan fingerprint density at radius 3 is 2.53 bits per heavy atom. The molecule has 224 valence electrons. The van der Waals surface area contributed by atoms with Gasteiger partial charge in [0.1, 0.15) is 5.75 Å². The van der Waals surface area contributed by atoms with Crippen LogP contribution in [0.3, 0.4) is 0 Å². The number of aliphatic hydroxyl groups excluding tert-OH is 1. The predicted octanol–water partition coefficient (Wildman–Crippen LogP) is 6.06. The van der Waals surface area contributed by atoms with Crippen LogP contribution in [0.4, 0.5) is 18.9 Å². The lowest BCUT2D eigenvalue weighted by Crippen LogP contribution is -2.52. The second kappa shape index (κ2) is 13.9. The summed E-state index contributed by atoms with van der Waals surface area (Å²) < 4.78 is 50.6. The van der Waals surface area contributed by atoms with Crippen LogP contribution in [0.15, 0.2) is 95.6 Å². The molecular formula is C30H29F3N6O4. The summed E-state index contributed by atoms with van der Waals surface area (Å²) in [6.07, 6.45) is -3.45.